The fourth-order valence-electron chi connectivity index (χ4n) is 6.07. The number of anilines is 1. The molecule has 2 aromatic carbocycles. The van der Waals surface area contributed by atoms with Crippen LogP contribution < -0.4 is 4.90 Å². The highest BCUT2D eigenvalue weighted by atomic mass is 16.5. The smallest absolute Gasteiger partial charge is 0.308 e. The second-order valence-electron chi connectivity index (χ2n) is 9.74. The van der Waals surface area contributed by atoms with Crippen molar-refractivity contribution in [3.05, 3.63) is 84.1 Å². The first-order chi connectivity index (χ1) is 17.0. The molecule has 3 unspecified atom stereocenters. The van der Waals surface area contributed by atoms with E-state index in [-0.39, 0.29) is 24.1 Å². The van der Waals surface area contributed by atoms with Gasteiger partial charge in [0.1, 0.15) is 11.4 Å². The zero-order valence-electron chi connectivity index (χ0n) is 19.3. The number of aromatic nitrogens is 3. The van der Waals surface area contributed by atoms with E-state index in [0.29, 0.717) is 23.5 Å². The Morgan fingerprint density at radius 1 is 1.14 bits per heavy atom. The van der Waals surface area contributed by atoms with Crippen LogP contribution in [-0.4, -0.2) is 50.0 Å². The van der Waals surface area contributed by atoms with Gasteiger partial charge in [-0.15, -0.1) is 0 Å². The number of ether oxygens (including phenoxy) is 1. The van der Waals surface area contributed by atoms with E-state index in [0.717, 1.165) is 40.2 Å². The molecule has 174 valence electrons. The molecule has 0 bridgehead atoms. The van der Waals surface area contributed by atoms with E-state index in [9.17, 15) is 9.90 Å². The van der Waals surface area contributed by atoms with Gasteiger partial charge in [-0.2, -0.15) is 9.61 Å². The lowest BCUT2D eigenvalue weighted by Gasteiger charge is -2.76. The number of carboxylic acid groups (broad SMARTS) is 1. The summed E-state index contributed by atoms with van der Waals surface area (Å²) in [5.74, 6) is -0.0855. The molecular weight excluding hydrogens is 440 g/mol. The number of carbonyl (C=O) groups is 1. The van der Waals surface area contributed by atoms with Crippen LogP contribution in [0.25, 0.3) is 28.0 Å². The molecule has 0 amide bonds. The van der Waals surface area contributed by atoms with Gasteiger partial charge in [0, 0.05) is 29.3 Å². The van der Waals surface area contributed by atoms with Gasteiger partial charge in [0.25, 0.3) is 0 Å². The van der Waals surface area contributed by atoms with Crippen LogP contribution in [0.3, 0.4) is 0 Å². The molecule has 1 spiro atoms. The number of rotatable bonds is 5. The molecule has 3 fully saturated rings. The summed E-state index contributed by atoms with van der Waals surface area (Å²) >= 11 is 0. The number of benzene rings is 2. The lowest BCUT2D eigenvalue weighted by molar-refractivity contribution is -0.252. The largest absolute Gasteiger partial charge is 0.481 e. The third-order valence-corrected chi connectivity index (χ3v) is 7.76. The summed E-state index contributed by atoms with van der Waals surface area (Å²) in [6, 6.07) is 20.8. The number of hydrogen-bond donors (Lipinski definition) is 1. The monoisotopic (exact) mass is 464 g/mol. The average molecular weight is 465 g/mol. The van der Waals surface area contributed by atoms with Crippen molar-refractivity contribution in [3.8, 4) is 22.4 Å². The zero-order chi connectivity index (χ0) is 23.9. The number of carboxylic acids is 1. The van der Waals surface area contributed by atoms with Gasteiger partial charge < -0.3 is 14.7 Å². The molecule has 1 aliphatic carbocycles. The van der Waals surface area contributed by atoms with Gasteiger partial charge in [-0.1, -0.05) is 55.1 Å². The second-order valence-corrected chi connectivity index (χ2v) is 9.74. The maximum Gasteiger partial charge on any atom is 0.308 e. The molecule has 0 radical (unpaired) electrons. The van der Waals surface area contributed by atoms with E-state index in [1.54, 1.807) is 0 Å². The first-order valence-electron chi connectivity index (χ1n) is 11.8. The van der Waals surface area contributed by atoms with Crippen molar-refractivity contribution in [2.45, 2.75) is 37.5 Å². The van der Waals surface area contributed by atoms with Gasteiger partial charge >= 0.3 is 5.97 Å². The van der Waals surface area contributed by atoms with Gasteiger partial charge in [-0.3, -0.25) is 4.79 Å². The normalized spacial score (nSPS) is 24.3. The SMILES string of the molecule is C=C1CC23OCC2N(c2c(CC(=O)O)c(C)nc4cc(-c5cccc(-c6ccccc6)c5)nn24)C13. The van der Waals surface area contributed by atoms with Gasteiger partial charge in [0.2, 0.25) is 0 Å². The zero-order valence-corrected chi connectivity index (χ0v) is 19.3. The number of nitrogens with zero attached hydrogens (tertiary/aromatic N) is 4. The second kappa shape index (κ2) is 7.02. The minimum atomic E-state index is -0.887. The summed E-state index contributed by atoms with van der Waals surface area (Å²) in [4.78, 5) is 18.8. The standard InChI is InChI=1S/C28H24N4O3/c1-16-14-28-23(15-35-28)31(26(16)28)27-21(12-25(33)34)17(2)29-24-13-22(30-32(24)27)20-10-6-9-19(11-20)18-7-4-3-5-8-18/h3-11,13,23,26H,1,12,14-15H2,2H3,(H,33,34). The molecular formula is C28H24N4O3. The van der Waals surface area contributed by atoms with Crippen LogP contribution in [0, 0.1) is 6.92 Å². The highest BCUT2D eigenvalue weighted by Gasteiger charge is 2.75. The Balaban J connectivity index is 1.39. The van der Waals surface area contributed by atoms with Crippen LogP contribution in [0.5, 0.6) is 0 Å². The molecule has 4 heterocycles. The number of morpholine rings is 1. The summed E-state index contributed by atoms with van der Waals surface area (Å²) in [7, 11) is 0. The van der Waals surface area contributed by atoms with Crippen molar-refractivity contribution in [1.29, 1.82) is 0 Å². The number of aliphatic carboxylic acids is 1. The molecule has 1 N–H and O–H groups in total. The van der Waals surface area contributed by atoms with Gasteiger partial charge in [-0.25, -0.2) is 4.98 Å². The Kier molecular flexibility index (Phi) is 4.09. The van der Waals surface area contributed by atoms with Crippen LogP contribution in [-0.2, 0) is 16.0 Å². The minimum absolute atomic E-state index is 0.0628. The van der Waals surface area contributed by atoms with Gasteiger partial charge in [0.05, 0.1) is 30.8 Å². The van der Waals surface area contributed by atoms with Gasteiger partial charge in [-0.05, 0) is 29.7 Å². The topological polar surface area (TPSA) is 80.0 Å². The highest BCUT2D eigenvalue weighted by Crippen LogP contribution is 2.62. The Hall–Kier alpha value is -3.97. The maximum absolute atomic E-state index is 11.8. The lowest BCUT2D eigenvalue weighted by atomic mass is 9.55. The Labute approximate surface area is 202 Å². The summed E-state index contributed by atoms with van der Waals surface area (Å²) in [5.41, 5.74) is 7.11. The van der Waals surface area contributed by atoms with Crippen LogP contribution in [0.4, 0.5) is 5.82 Å². The number of aryl methyl sites for hydroxylation is 1. The van der Waals surface area contributed by atoms with E-state index >= 15 is 0 Å². The lowest BCUT2D eigenvalue weighted by Crippen LogP contribution is -2.91. The molecule has 3 aliphatic rings. The number of hydrogen-bond acceptors (Lipinski definition) is 5. The van der Waals surface area contributed by atoms with Crippen molar-refractivity contribution in [2.75, 3.05) is 11.5 Å². The molecule has 7 nitrogen and oxygen atoms in total. The van der Waals surface area contributed by atoms with E-state index in [2.05, 4.69) is 35.7 Å². The highest BCUT2D eigenvalue weighted by molar-refractivity contribution is 5.78. The third kappa shape index (κ3) is 2.73. The van der Waals surface area contributed by atoms with Crippen LogP contribution in [0.2, 0.25) is 0 Å². The molecule has 35 heavy (non-hydrogen) atoms. The van der Waals surface area contributed by atoms with E-state index in [1.165, 1.54) is 0 Å². The Morgan fingerprint density at radius 2 is 1.91 bits per heavy atom. The minimum Gasteiger partial charge on any atom is -0.481 e. The fraction of sp³-hybridized carbons (Fsp3) is 0.250. The van der Waals surface area contributed by atoms with Crippen molar-refractivity contribution in [1.82, 2.24) is 14.6 Å². The van der Waals surface area contributed by atoms with E-state index in [1.807, 2.05) is 47.8 Å². The first kappa shape index (κ1) is 20.4. The molecule has 4 aromatic rings. The maximum atomic E-state index is 11.8. The summed E-state index contributed by atoms with van der Waals surface area (Å²) in [6.07, 6.45) is 0.760. The molecule has 7 heteroatoms. The van der Waals surface area contributed by atoms with Crippen molar-refractivity contribution >= 4 is 17.4 Å². The van der Waals surface area contributed by atoms with Crippen molar-refractivity contribution < 1.29 is 14.6 Å². The van der Waals surface area contributed by atoms with Crippen LogP contribution in [0.1, 0.15) is 17.7 Å². The molecule has 2 aromatic heterocycles. The quantitative estimate of drug-likeness (QED) is 0.444. The van der Waals surface area contributed by atoms with E-state index in [4.69, 9.17) is 14.8 Å². The molecule has 2 aliphatic heterocycles. The fourth-order valence-corrected chi connectivity index (χ4v) is 6.07. The number of fused-ring (bicyclic) bond motifs is 1. The van der Waals surface area contributed by atoms with Crippen molar-refractivity contribution in [3.63, 3.8) is 0 Å². The van der Waals surface area contributed by atoms with Crippen molar-refractivity contribution in [2.24, 2.45) is 0 Å². The Bertz CT molecular complexity index is 1540. The molecule has 7 rings (SSSR count). The number of piperidine rings is 1. The predicted octanol–water partition coefficient (Wildman–Crippen LogP) is 4.28. The average Bonchev–Trinajstić information content (AvgIpc) is 3.25. The molecule has 1 saturated carbocycles. The van der Waals surface area contributed by atoms with Gasteiger partial charge in [0.15, 0.2) is 5.65 Å². The summed E-state index contributed by atoms with van der Waals surface area (Å²) in [5, 5.41) is 14.6. The predicted molar refractivity (Wildman–Crippen MR) is 132 cm³/mol. The summed E-state index contributed by atoms with van der Waals surface area (Å²) < 4.78 is 7.79. The molecule has 2 saturated heterocycles. The Morgan fingerprint density at radius 3 is 2.63 bits per heavy atom. The van der Waals surface area contributed by atoms with Crippen LogP contribution in [0.15, 0.2) is 72.8 Å². The van der Waals surface area contributed by atoms with Crippen LogP contribution >= 0.6 is 0 Å². The van der Waals surface area contributed by atoms with E-state index < -0.39 is 5.97 Å². The first-order valence-corrected chi connectivity index (χ1v) is 11.8. The third-order valence-electron chi connectivity index (χ3n) is 7.76. The molecule has 3 atom stereocenters. The summed E-state index contributed by atoms with van der Waals surface area (Å²) in [6.45, 7) is 6.74.